The molecule has 0 saturated heterocycles. The number of hydrogen-bond acceptors (Lipinski definition) is 2. The fourth-order valence-electron chi connectivity index (χ4n) is 3.36. The Morgan fingerprint density at radius 2 is 1.48 bits per heavy atom. The van der Waals surface area contributed by atoms with Gasteiger partial charge in [-0.1, -0.05) is 54.6 Å². The van der Waals surface area contributed by atoms with Crippen LogP contribution in [0.5, 0.6) is 0 Å². The van der Waals surface area contributed by atoms with Crippen LogP contribution in [-0.4, -0.2) is 10.4 Å². The molecule has 0 radical (unpaired) electrons. The molecule has 4 rings (SSSR count). The van der Waals surface area contributed by atoms with Crippen LogP contribution in [0.1, 0.15) is 10.4 Å². The number of benzene rings is 3. The molecule has 4 nitrogen and oxygen atoms in total. The van der Waals surface area contributed by atoms with E-state index in [1.807, 2.05) is 48.1 Å². The molecule has 0 aliphatic carbocycles. The van der Waals surface area contributed by atoms with Gasteiger partial charge in [0.15, 0.2) is 5.78 Å². The molecule has 1 aromatic heterocycles. The lowest BCUT2D eigenvalue weighted by Gasteiger charge is -2.03. The van der Waals surface area contributed by atoms with Crippen molar-refractivity contribution < 1.29 is 13.8 Å². The van der Waals surface area contributed by atoms with Gasteiger partial charge in [-0.15, -0.1) is 0 Å². The van der Waals surface area contributed by atoms with Crippen molar-refractivity contribution in [3.8, 4) is 22.4 Å². The Kier molecular flexibility index (Phi) is 4.96. The Bertz CT molecular complexity index is 1150. The number of nitrogens with zero attached hydrogens (tertiary/aromatic N) is 2. The Morgan fingerprint density at radius 1 is 0.897 bits per heavy atom. The first kappa shape index (κ1) is 18.6. The van der Waals surface area contributed by atoms with Crippen LogP contribution in [0.25, 0.3) is 22.4 Å². The fourth-order valence-corrected chi connectivity index (χ4v) is 3.36. The van der Waals surface area contributed by atoms with Crippen LogP contribution in [-0.2, 0) is 13.6 Å². The molecule has 0 amide bonds. The number of hydrogen-bond donors (Lipinski definition) is 1. The van der Waals surface area contributed by atoms with Crippen molar-refractivity contribution in [2.45, 2.75) is 6.54 Å². The molecule has 29 heavy (non-hydrogen) atoms. The summed E-state index contributed by atoms with van der Waals surface area (Å²) < 4.78 is 16.7. The fraction of sp³-hybridized carbons (Fsp3) is 0.0833. The Balaban J connectivity index is 1.59. The molecule has 5 heteroatoms. The predicted octanol–water partition coefficient (Wildman–Crippen LogP) is 4.25. The Labute approximate surface area is 168 Å². The lowest BCUT2D eigenvalue weighted by Crippen LogP contribution is -2.39. The third-order valence-corrected chi connectivity index (χ3v) is 5.05. The van der Waals surface area contributed by atoms with Crippen LogP contribution in [0.15, 0.2) is 85.1 Å². The lowest BCUT2D eigenvalue weighted by atomic mass is 10.0. The second-order valence-corrected chi connectivity index (χ2v) is 6.93. The van der Waals surface area contributed by atoms with E-state index in [1.54, 1.807) is 4.57 Å². The van der Waals surface area contributed by atoms with Crippen LogP contribution < -0.4 is 10.3 Å². The summed E-state index contributed by atoms with van der Waals surface area (Å²) in [6.45, 7) is 0.0907. The molecular formula is C24H21FN3O+. The van der Waals surface area contributed by atoms with E-state index in [0.29, 0.717) is 11.5 Å². The molecule has 0 aliphatic rings. The first-order valence-corrected chi connectivity index (χ1v) is 9.32. The Morgan fingerprint density at radius 3 is 2.14 bits per heavy atom. The van der Waals surface area contributed by atoms with Crippen molar-refractivity contribution in [1.82, 2.24) is 4.57 Å². The van der Waals surface area contributed by atoms with Gasteiger partial charge < -0.3 is 0 Å². The summed E-state index contributed by atoms with van der Waals surface area (Å²) >= 11 is 0. The van der Waals surface area contributed by atoms with Gasteiger partial charge in [0.25, 0.3) is 0 Å². The first-order valence-electron chi connectivity index (χ1n) is 9.32. The van der Waals surface area contributed by atoms with Gasteiger partial charge in [0.1, 0.15) is 24.3 Å². The van der Waals surface area contributed by atoms with E-state index < -0.39 is 0 Å². The molecule has 1 heterocycles. The van der Waals surface area contributed by atoms with Gasteiger partial charge >= 0.3 is 5.95 Å². The van der Waals surface area contributed by atoms with E-state index in [9.17, 15) is 9.18 Å². The maximum absolute atomic E-state index is 13.1. The smallest absolute Gasteiger partial charge is 0.291 e. The zero-order valence-corrected chi connectivity index (χ0v) is 16.0. The van der Waals surface area contributed by atoms with Gasteiger partial charge in [0, 0.05) is 11.1 Å². The van der Waals surface area contributed by atoms with Gasteiger partial charge in [-0.3, -0.25) is 10.5 Å². The van der Waals surface area contributed by atoms with Crippen LogP contribution in [0, 0.1) is 5.82 Å². The van der Waals surface area contributed by atoms with Crippen molar-refractivity contribution in [2.75, 3.05) is 5.73 Å². The molecule has 0 unspecified atom stereocenters. The number of nitrogen functional groups attached to an aromatic ring is 1. The van der Waals surface area contributed by atoms with Gasteiger partial charge in [0.05, 0.1) is 7.05 Å². The minimum Gasteiger partial charge on any atom is -0.291 e. The quantitative estimate of drug-likeness (QED) is 0.412. The molecule has 144 valence electrons. The van der Waals surface area contributed by atoms with Crippen LogP contribution in [0.2, 0.25) is 0 Å². The van der Waals surface area contributed by atoms with Crippen LogP contribution in [0.3, 0.4) is 0 Å². The van der Waals surface area contributed by atoms with E-state index in [4.69, 9.17) is 5.73 Å². The predicted molar refractivity (Wildman–Crippen MR) is 112 cm³/mol. The van der Waals surface area contributed by atoms with E-state index in [2.05, 4.69) is 24.3 Å². The molecule has 0 fully saturated rings. The van der Waals surface area contributed by atoms with Crippen molar-refractivity contribution >= 4 is 11.7 Å². The summed E-state index contributed by atoms with van der Waals surface area (Å²) in [6, 6.07) is 23.9. The second kappa shape index (κ2) is 7.72. The summed E-state index contributed by atoms with van der Waals surface area (Å²) in [6.07, 6.45) is 1.87. The van der Waals surface area contributed by atoms with Crippen molar-refractivity contribution in [3.63, 3.8) is 0 Å². The highest BCUT2D eigenvalue weighted by Gasteiger charge is 2.20. The topological polar surface area (TPSA) is 51.9 Å². The zero-order valence-electron chi connectivity index (χ0n) is 16.0. The van der Waals surface area contributed by atoms with E-state index in [0.717, 1.165) is 22.4 Å². The molecule has 4 aromatic rings. The number of anilines is 1. The van der Waals surface area contributed by atoms with E-state index in [1.165, 1.54) is 24.3 Å². The summed E-state index contributed by atoms with van der Waals surface area (Å²) in [4.78, 5) is 12.5. The zero-order chi connectivity index (χ0) is 20.4. The molecule has 0 bridgehead atoms. The van der Waals surface area contributed by atoms with Gasteiger partial charge in [-0.05, 0) is 35.4 Å². The maximum Gasteiger partial charge on any atom is 0.355 e. The molecule has 2 N–H and O–H groups in total. The van der Waals surface area contributed by atoms with E-state index in [-0.39, 0.29) is 18.1 Å². The lowest BCUT2D eigenvalue weighted by molar-refractivity contribution is -0.667. The average molecular weight is 386 g/mol. The number of rotatable bonds is 5. The molecule has 3 aromatic carbocycles. The molecule has 0 saturated carbocycles. The minimum atomic E-state index is -0.366. The molecule has 0 aliphatic heterocycles. The number of carbonyl (C=O) groups excluding carboxylic acids is 1. The monoisotopic (exact) mass is 386 g/mol. The van der Waals surface area contributed by atoms with E-state index >= 15 is 0 Å². The summed E-state index contributed by atoms with van der Waals surface area (Å²) in [7, 11) is 1.87. The van der Waals surface area contributed by atoms with Crippen LogP contribution >= 0.6 is 0 Å². The van der Waals surface area contributed by atoms with Gasteiger partial charge in [-0.2, -0.15) is 0 Å². The number of carbonyl (C=O) groups is 1. The number of ketones is 1. The molecular weight excluding hydrogens is 365 g/mol. The summed E-state index contributed by atoms with van der Waals surface area (Å²) in [5.74, 6) is -0.0180. The molecule has 0 atom stereocenters. The molecule has 0 spiro atoms. The minimum absolute atomic E-state index is 0.0907. The summed E-state index contributed by atoms with van der Waals surface area (Å²) in [5.41, 5.74) is 10.9. The maximum atomic E-state index is 13.1. The highest BCUT2D eigenvalue weighted by Crippen LogP contribution is 2.25. The van der Waals surface area contributed by atoms with Gasteiger partial charge in [-0.25, -0.2) is 13.5 Å². The third kappa shape index (κ3) is 3.80. The largest absolute Gasteiger partial charge is 0.355 e. The first-order chi connectivity index (χ1) is 14.0. The summed E-state index contributed by atoms with van der Waals surface area (Å²) in [5, 5.41) is 0. The number of imidazole rings is 1. The highest BCUT2D eigenvalue weighted by atomic mass is 19.1. The average Bonchev–Trinajstić information content (AvgIpc) is 3.03. The number of aromatic nitrogens is 2. The standard InChI is InChI=1S/C24H20FN3O/c1-27-22(19-9-7-18(8-10-19)17-5-3-2-4-6-17)15-28(24(27)26)16-23(29)20-11-13-21(25)14-12-20/h2-15,26H,16H2,1H3/p+1. The van der Waals surface area contributed by atoms with Gasteiger partial charge in [0.2, 0.25) is 0 Å². The van der Waals surface area contributed by atoms with Crippen molar-refractivity contribution in [3.05, 3.63) is 96.4 Å². The Hall–Kier alpha value is -3.73. The third-order valence-electron chi connectivity index (χ3n) is 5.05. The number of Topliss-reactive ketones (excluding diaryl/α,β-unsaturated/α-hetero) is 1. The van der Waals surface area contributed by atoms with Crippen molar-refractivity contribution in [1.29, 1.82) is 0 Å². The van der Waals surface area contributed by atoms with Crippen molar-refractivity contribution in [2.24, 2.45) is 7.05 Å². The number of halogens is 1. The van der Waals surface area contributed by atoms with Crippen LogP contribution in [0.4, 0.5) is 10.3 Å². The number of nitrogens with two attached hydrogens (primary N) is 1. The SMILES string of the molecule is Cn1c(-c2ccc(-c3ccccc3)cc2)c[n+](CC(=O)c2ccc(F)cc2)c1N. The normalized spacial score (nSPS) is 10.8. The second-order valence-electron chi connectivity index (χ2n) is 6.93. The highest BCUT2D eigenvalue weighted by molar-refractivity contribution is 5.95.